The molecule has 5 nitrogen and oxygen atoms in total. The lowest BCUT2D eigenvalue weighted by atomic mass is 10.3. The zero-order chi connectivity index (χ0) is 15.6. The quantitative estimate of drug-likeness (QED) is 0.892. The van der Waals surface area contributed by atoms with Crippen molar-refractivity contribution in [1.29, 1.82) is 0 Å². The van der Waals surface area contributed by atoms with Gasteiger partial charge in [-0.2, -0.15) is 13.2 Å². The molecule has 0 radical (unpaired) electrons. The van der Waals surface area contributed by atoms with Crippen molar-refractivity contribution in [3.63, 3.8) is 0 Å². The van der Waals surface area contributed by atoms with Gasteiger partial charge in [0, 0.05) is 0 Å². The van der Waals surface area contributed by atoms with Gasteiger partial charge in [0.05, 0.1) is 16.9 Å². The SMILES string of the molecule is Nc1ccc(Cl)c(C(=O)Nc2ccc(C(F)(F)F)nc2)n1. The molecular formula is C12H8ClF3N4O. The molecule has 110 valence electrons. The Balaban J connectivity index is 2.18. The van der Waals surface area contributed by atoms with Crippen LogP contribution in [0, 0.1) is 0 Å². The molecule has 1 amide bonds. The maximum absolute atomic E-state index is 12.4. The van der Waals surface area contributed by atoms with Gasteiger partial charge in [-0.1, -0.05) is 11.6 Å². The summed E-state index contributed by atoms with van der Waals surface area (Å²) in [5.74, 6) is -0.607. The standard InChI is InChI=1S/C12H8ClF3N4O/c13-7-2-4-9(17)20-10(7)11(21)19-6-1-3-8(18-5-6)12(14,15)16/h1-5H,(H2,17,20)(H,19,21). The number of hydrogen-bond donors (Lipinski definition) is 2. The summed E-state index contributed by atoms with van der Waals surface area (Å²) in [5.41, 5.74) is 4.33. The molecule has 0 aliphatic rings. The summed E-state index contributed by atoms with van der Waals surface area (Å²) in [6, 6.07) is 4.64. The third kappa shape index (κ3) is 3.60. The summed E-state index contributed by atoms with van der Waals surface area (Å²) in [4.78, 5) is 18.9. The van der Waals surface area contributed by atoms with Crippen molar-refractivity contribution in [1.82, 2.24) is 9.97 Å². The summed E-state index contributed by atoms with van der Waals surface area (Å²) < 4.78 is 37.1. The number of alkyl halides is 3. The third-order valence-electron chi connectivity index (χ3n) is 2.39. The van der Waals surface area contributed by atoms with Crippen molar-refractivity contribution in [2.24, 2.45) is 0 Å². The number of nitrogens with zero attached hydrogens (tertiary/aromatic N) is 2. The summed E-state index contributed by atoms with van der Waals surface area (Å²) in [5, 5.41) is 2.40. The fourth-order valence-corrected chi connectivity index (χ4v) is 1.63. The average molecular weight is 317 g/mol. The Morgan fingerprint density at radius 2 is 1.95 bits per heavy atom. The van der Waals surface area contributed by atoms with Crippen LogP contribution in [0.4, 0.5) is 24.7 Å². The van der Waals surface area contributed by atoms with Gasteiger partial charge in [-0.25, -0.2) is 9.97 Å². The van der Waals surface area contributed by atoms with E-state index in [-0.39, 0.29) is 22.2 Å². The molecule has 0 saturated carbocycles. The van der Waals surface area contributed by atoms with Gasteiger partial charge in [-0.3, -0.25) is 4.79 Å². The van der Waals surface area contributed by atoms with E-state index in [1.165, 1.54) is 12.1 Å². The second-order valence-electron chi connectivity index (χ2n) is 3.95. The average Bonchev–Trinajstić information content (AvgIpc) is 2.41. The number of amides is 1. The molecule has 2 heterocycles. The molecule has 0 fully saturated rings. The lowest BCUT2D eigenvalue weighted by Crippen LogP contribution is -2.16. The molecule has 2 aromatic rings. The molecule has 21 heavy (non-hydrogen) atoms. The van der Waals surface area contributed by atoms with Crippen LogP contribution in [-0.2, 0) is 6.18 Å². The Morgan fingerprint density at radius 1 is 1.24 bits per heavy atom. The Kier molecular flexibility index (Phi) is 3.99. The highest BCUT2D eigenvalue weighted by molar-refractivity contribution is 6.34. The van der Waals surface area contributed by atoms with E-state index in [1.807, 2.05) is 0 Å². The largest absolute Gasteiger partial charge is 0.433 e. The minimum absolute atomic E-state index is 0.0709. The van der Waals surface area contributed by atoms with Crippen LogP contribution in [-0.4, -0.2) is 15.9 Å². The van der Waals surface area contributed by atoms with Gasteiger partial charge in [0.2, 0.25) is 0 Å². The van der Waals surface area contributed by atoms with Crippen molar-refractivity contribution < 1.29 is 18.0 Å². The van der Waals surface area contributed by atoms with Crippen molar-refractivity contribution in [2.75, 3.05) is 11.1 Å². The molecule has 0 atom stereocenters. The number of halogens is 4. The van der Waals surface area contributed by atoms with Gasteiger partial charge < -0.3 is 11.1 Å². The van der Waals surface area contributed by atoms with E-state index >= 15 is 0 Å². The van der Waals surface area contributed by atoms with Gasteiger partial charge in [0.1, 0.15) is 17.2 Å². The molecule has 3 N–H and O–H groups in total. The number of pyridine rings is 2. The van der Waals surface area contributed by atoms with E-state index in [0.29, 0.717) is 0 Å². The summed E-state index contributed by atoms with van der Waals surface area (Å²) in [6.07, 6.45) is -3.65. The molecule has 0 bridgehead atoms. The fraction of sp³-hybridized carbons (Fsp3) is 0.0833. The zero-order valence-electron chi connectivity index (χ0n) is 10.3. The van der Waals surface area contributed by atoms with Crippen LogP contribution in [0.1, 0.15) is 16.2 Å². The van der Waals surface area contributed by atoms with Gasteiger partial charge in [-0.05, 0) is 24.3 Å². The highest BCUT2D eigenvalue weighted by Crippen LogP contribution is 2.28. The Hall–Kier alpha value is -2.35. The molecule has 2 aromatic heterocycles. The van der Waals surface area contributed by atoms with Crippen LogP contribution in [0.2, 0.25) is 5.02 Å². The minimum Gasteiger partial charge on any atom is -0.384 e. The number of nitrogen functional groups attached to an aromatic ring is 1. The smallest absolute Gasteiger partial charge is 0.384 e. The molecule has 0 aliphatic heterocycles. The third-order valence-corrected chi connectivity index (χ3v) is 2.70. The van der Waals surface area contributed by atoms with Crippen molar-refractivity contribution in [3.05, 3.63) is 46.9 Å². The topological polar surface area (TPSA) is 80.9 Å². The van der Waals surface area contributed by atoms with Crippen LogP contribution in [0.15, 0.2) is 30.5 Å². The number of carbonyl (C=O) groups is 1. The Morgan fingerprint density at radius 3 is 2.52 bits per heavy atom. The summed E-state index contributed by atoms with van der Waals surface area (Å²) >= 11 is 5.80. The van der Waals surface area contributed by atoms with E-state index in [0.717, 1.165) is 18.3 Å². The zero-order valence-corrected chi connectivity index (χ0v) is 11.0. The number of nitrogens with one attached hydrogen (secondary N) is 1. The molecule has 2 rings (SSSR count). The maximum Gasteiger partial charge on any atom is 0.433 e. The molecular weight excluding hydrogens is 309 g/mol. The first-order valence-corrected chi connectivity index (χ1v) is 5.92. The second kappa shape index (κ2) is 5.57. The maximum atomic E-state index is 12.4. The molecule has 0 aliphatic carbocycles. The van der Waals surface area contributed by atoms with E-state index in [9.17, 15) is 18.0 Å². The first kappa shape index (κ1) is 15.0. The summed E-state index contributed by atoms with van der Waals surface area (Å²) in [6.45, 7) is 0. The minimum atomic E-state index is -4.54. The molecule has 0 spiro atoms. The van der Waals surface area contributed by atoms with Crippen LogP contribution >= 0.6 is 11.6 Å². The van der Waals surface area contributed by atoms with Crippen LogP contribution < -0.4 is 11.1 Å². The van der Waals surface area contributed by atoms with Gasteiger partial charge in [-0.15, -0.1) is 0 Å². The van der Waals surface area contributed by atoms with Gasteiger partial charge >= 0.3 is 6.18 Å². The molecule has 9 heteroatoms. The Labute approximate surface area is 122 Å². The number of carbonyl (C=O) groups excluding carboxylic acids is 1. The van der Waals surface area contributed by atoms with Crippen molar-refractivity contribution >= 4 is 29.0 Å². The molecule has 0 saturated heterocycles. The second-order valence-corrected chi connectivity index (χ2v) is 4.36. The van der Waals surface area contributed by atoms with Gasteiger partial charge in [0.15, 0.2) is 0 Å². The normalized spacial score (nSPS) is 11.2. The number of nitrogens with two attached hydrogens (primary N) is 1. The van der Waals surface area contributed by atoms with E-state index in [2.05, 4.69) is 15.3 Å². The predicted octanol–water partition coefficient (Wildman–Crippen LogP) is 2.98. The van der Waals surface area contributed by atoms with Crippen molar-refractivity contribution in [2.45, 2.75) is 6.18 Å². The highest BCUT2D eigenvalue weighted by Gasteiger charge is 2.32. The van der Waals surface area contributed by atoms with Crippen LogP contribution in [0.5, 0.6) is 0 Å². The number of hydrogen-bond acceptors (Lipinski definition) is 4. The highest BCUT2D eigenvalue weighted by atomic mass is 35.5. The fourth-order valence-electron chi connectivity index (χ4n) is 1.44. The lowest BCUT2D eigenvalue weighted by Gasteiger charge is -2.08. The van der Waals surface area contributed by atoms with Gasteiger partial charge in [0.25, 0.3) is 5.91 Å². The van der Waals surface area contributed by atoms with Crippen LogP contribution in [0.3, 0.4) is 0 Å². The van der Waals surface area contributed by atoms with Crippen molar-refractivity contribution in [3.8, 4) is 0 Å². The Bertz CT molecular complexity index is 673. The first-order valence-electron chi connectivity index (χ1n) is 5.54. The predicted molar refractivity (Wildman–Crippen MR) is 70.9 cm³/mol. The monoisotopic (exact) mass is 316 g/mol. The number of rotatable bonds is 2. The first-order chi connectivity index (χ1) is 9.77. The number of anilines is 2. The summed E-state index contributed by atoms with van der Waals surface area (Å²) in [7, 11) is 0. The van der Waals surface area contributed by atoms with E-state index in [1.54, 1.807) is 0 Å². The van der Waals surface area contributed by atoms with E-state index in [4.69, 9.17) is 17.3 Å². The lowest BCUT2D eigenvalue weighted by molar-refractivity contribution is -0.141. The molecule has 0 unspecified atom stereocenters. The van der Waals surface area contributed by atoms with E-state index < -0.39 is 17.8 Å². The number of aromatic nitrogens is 2. The molecule has 0 aromatic carbocycles. The van der Waals surface area contributed by atoms with Crippen LogP contribution in [0.25, 0.3) is 0 Å².